The number of hydrogen-bond donors (Lipinski definition) is 0. The van der Waals surface area contributed by atoms with Gasteiger partial charge in [-0.3, -0.25) is 0 Å². The SMILES string of the molecule is Cc1ccc(CC(C)(I)c2ccccc2)cc1. The Balaban J connectivity index is 2.20. The van der Waals surface area contributed by atoms with Crippen molar-refractivity contribution in [3.05, 3.63) is 71.3 Å². The van der Waals surface area contributed by atoms with E-state index in [0.29, 0.717) is 0 Å². The first-order chi connectivity index (χ1) is 8.08. The van der Waals surface area contributed by atoms with E-state index >= 15 is 0 Å². The predicted octanol–water partition coefficient (Wildman–Crippen LogP) is 4.89. The lowest BCUT2D eigenvalue weighted by molar-refractivity contribution is 0.725. The Morgan fingerprint density at radius 1 is 0.941 bits per heavy atom. The summed E-state index contributed by atoms with van der Waals surface area (Å²) in [4.78, 5) is 0. The molecule has 0 aromatic heterocycles. The highest BCUT2D eigenvalue weighted by molar-refractivity contribution is 14.1. The van der Waals surface area contributed by atoms with Crippen LogP contribution in [-0.4, -0.2) is 0 Å². The molecule has 2 rings (SSSR count). The molecule has 0 saturated heterocycles. The van der Waals surface area contributed by atoms with Gasteiger partial charge in [0.2, 0.25) is 0 Å². The molecule has 0 saturated carbocycles. The van der Waals surface area contributed by atoms with Gasteiger partial charge in [-0.05, 0) is 31.4 Å². The van der Waals surface area contributed by atoms with E-state index in [4.69, 9.17) is 0 Å². The van der Waals surface area contributed by atoms with Crippen molar-refractivity contribution in [2.75, 3.05) is 0 Å². The Labute approximate surface area is 117 Å². The maximum Gasteiger partial charge on any atom is 0.0482 e. The monoisotopic (exact) mass is 336 g/mol. The third kappa shape index (κ3) is 3.32. The van der Waals surface area contributed by atoms with Crippen molar-refractivity contribution >= 4 is 22.6 Å². The number of hydrogen-bond acceptors (Lipinski definition) is 0. The van der Waals surface area contributed by atoms with Crippen LogP contribution in [0.1, 0.15) is 23.6 Å². The normalized spacial score (nSPS) is 14.3. The van der Waals surface area contributed by atoms with Gasteiger partial charge in [0.05, 0.1) is 0 Å². The highest BCUT2D eigenvalue weighted by atomic mass is 127. The molecule has 17 heavy (non-hydrogen) atoms. The molecule has 88 valence electrons. The summed E-state index contributed by atoms with van der Waals surface area (Å²) < 4.78 is 0.161. The molecule has 0 N–H and O–H groups in total. The summed E-state index contributed by atoms with van der Waals surface area (Å²) in [6, 6.07) is 19.6. The maximum atomic E-state index is 2.55. The first kappa shape index (κ1) is 12.6. The van der Waals surface area contributed by atoms with Gasteiger partial charge in [-0.25, -0.2) is 0 Å². The molecule has 0 heterocycles. The average Bonchev–Trinajstić information content (AvgIpc) is 2.33. The van der Waals surface area contributed by atoms with Crippen LogP contribution < -0.4 is 0 Å². The van der Waals surface area contributed by atoms with Gasteiger partial charge in [-0.1, -0.05) is 82.8 Å². The van der Waals surface area contributed by atoms with Crippen LogP contribution in [0.25, 0.3) is 0 Å². The van der Waals surface area contributed by atoms with Gasteiger partial charge in [0, 0.05) is 3.42 Å². The Kier molecular flexibility index (Phi) is 3.87. The minimum absolute atomic E-state index is 0.161. The summed E-state index contributed by atoms with van der Waals surface area (Å²) in [5, 5.41) is 0. The third-order valence-corrected chi connectivity index (χ3v) is 4.04. The summed E-state index contributed by atoms with van der Waals surface area (Å²) in [7, 11) is 0. The molecule has 0 amide bonds. The van der Waals surface area contributed by atoms with Crippen LogP contribution in [-0.2, 0) is 9.84 Å². The molecule has 0 radical (unpaired) electrons. The molecule has 0 aliphatic carbocycles. The highest BCUT2D eigenvalue weighted by Crippen LogP contribution is 2.34. The molecule has 0 fully saturated rings. The Morgan fingerprint density at radius 3 is 2.12 bits per heavy atom. The lowest BCUT2D eigenvalue weighted by Crippen LogP contribution is -2.16. The Hall–Kier alpha value is -0.830. The standard InChI is InChI=1S/C16H17I/c1-13-8-10-14(11-9-13)12-16(2,17)15-6-4-3-5-7-15/h3-11H,12H2,1-2H3. The van der Waals surface area contributed by atoms with E-state index in [9.17, 15) is 0 Å². The quantitative estimate of drug-likeness (QED) is 0.553. The molecule has 1 atom stereocenters. The third-order valence-electron chi connectivity index (χ3n) is 3.03. The minimum atomic E-state index is 0.161. The summed E-state index contributed by atoms with van der Waals surface area (Å²) >= 11 is 2.55. The fraction of sp³-hybridized carbons (Fsp3) is 0.250. The van der Waals surface area contributed by atoms with Gasteiger partial charge in [0.15, 0.2) is 0 Å². The smallest absolute Gasteiger partial charge is 0.0482 e. The first-order valence-corrected chi connectivity index (χ1v) is 6.96. The summed E-state index contributed by atoms with van der Waals surface area (Å²) in [5.74, 6) is 0. The van der Waals surface area contributed by atoms with Gasteiger partial charge >= 0.3 is 0 Å². The van der Waals surface area contributed by atoms with Crippen molar-refractivity contribution in [3.63, 3.8) is 0 Å². The van der Waals surface area contributed by atoms with Gasteiger partial charge in [-0.15, -0.1) is 0 Å². The van der Waals surface area contributed by atoms with Crippen LogP contribution in [0.3, 0.4) is 0 Å². The Bertz CT molecular complexity index is 469. The number of halogens is 1. The second kappa shape index (κ2) is 5.21. The second-order valence-electron chi connectivity index (χ2n) is 4.73. The zero-order valence-corrected chi connectivity index (χ0v) is 12.4. The van der Waals surface area contributed by atoms with E-state index in [2.05, 4.69) is 91.0 Å². The molecule has 0 aliphatic rings. The number of benzene rings is 2. The van der Waals surface area contributed by atoms with Crippen molar-refractivity contribution < 1.29 is 0 Å². The van der Waals surface area contributed by atoms with E-state index in [0.717, 1.165) is 6.42 Å². The van der Waals surface area contributed by atoms with Crippen LogP contribution >= 0.6 is 22.6 Å². The lowest BCUT2D eigenvalue weighted by Gasteiger charge is -2.23. The molecule has 1 unspecified atom stereocenters. The summed E-state index contributed by atoms with van der Waals surface area (Å²) in [6.07, 6.45) is 1.07. The van der Waals surface area contributed by atoms with Gasteiger partial charge in [0.25, 0.3) is 0 Å². The maximum absolute atomic E-state index is 2.55. The molecule has 0 bridgehead atoms. The molecular formula is C16H17I. The van der Waals surface area contributed by atoms with Gasteiger partial charge in [0.1, 0.15) is 0 Å². The van der Waals surface area contributed by atoms with Crippen molar-refractivity contribution in [3.8, 4) is 0 Å². The zero-order chi connectivity index (χ0) is 12.3. The number of alkyl halides is 1. The van der Waals surface area contributed by atoms with Crippen molar-refractivity contribution in [2.45, 2.75) is 23.7 Å². The summed E-state index contributed by atoms with van der Waals surface area (Å²) in [5.41, 5.74) is 4.11. The van der Waals surface area contributed by atoms with Crippen LogP contribution in [0.4, 0.5) is 0 Å². The van der Waals surface area contributed by atoms with Crippen molar-refractivity contribution in [1.82, 2.24) is 0 Å². The molecule has 0 nitrogen and oxygen atoms in total. The van der Waals surface area contributed by atoms with Crippen molar-refractivity contribution in [2.24, 2.45) is 0 Å². The van der Waals surface area contributed by atoms with E-state index < -0.39 is 0 Å². The Morgan fingerprint density at radius 2 is 1.53 bits per heavy atom. The average molecular weight is 336 g/mol. The molecule has 1 heteroatoms. The van der Waals surface area contributed by atoms with Gasteiger partial charge < -0.3 is 0 Å². The van der Waals surface area contributed by atoms with Crippen LogP contribution in [0.15, 0.2) is 54.6 Å². The largest absolute Gasteiger partial charge is 0.0736 e. The molecule has 2 aromatic rings. The fourth-order valence-electron chi connectivity index (χ4n) is 1.98. The predicted molar refractivity (Wildman–Crippen MR) is 82.7 cm³/mol. The van der Waals surface area contributed by atoms with Crippen LogP contribution in [0.5, 0.6) is 0 Å². The van der Waals surface area contributed by atoms with Crippen molar-refractivity contribution in [1.29, 1.82) is 0 Å². The van der Waals surface area contributed by atoms with Crippen LogP contribution in [0.2, 0.25) is 0 Å². The lowest BCUT2D eigenvalue weighted by atomic mass is 9.93. The number of rotatable bonds is 3. The van der Waals surface area contributed by atoms with E-state index in [-0.39, 0.29) is 3.42 Å². The molecule has 2 aromatic carbocycles. The van der Waals surface area contributed by atoms with E-state index in [1.807, 2.05) is 0 Å². The topological polar surface area (TPSA) is 0 Å². The first-order valence-electron chi connectivity index (χ1n) is 5.88. The molecular weight excluding hydrogens is 319 g/mol. The van der Waals surface area contributed by atoms with E-state index in [1.165, 1.54) is 16.7 Å². The molecule has 0 spiro atoms. The zero-order valence-electron chi connectivity index (χ0n) is 10.3. The fourth-order valence-corrected chi connectivity index (χ4v) is 2.78. The minimum Gasteiger partial charge on any atom is -0.0736 e. The second-order valence-corrected chi connectivity index (χ2v) is 7.11. The number of aryl methyl sites for hydroxylation is 1. The van der Waals surface area contributed by atoms with E-state index in [1.54, 1.807) is 0 Å². The molecule has 0 aliphatic heterocycles. The van der Waals surface area contributed by atoms with Gasteiger partial charge in [-0.2, -0.15) is 0 Å². The summed E-state index contributed by atoms with van der Waals surface area (Å²) in [6.45, 7) is 4.42. The highest BCUT2D eigenvalue weighted by Gasteiger charge is 2.22. The van der Waals surface area contributed by atoms with Crippen LogP contribution in [0, 0.1) is 6.92 Å².